The Hall–Kier alpha value is -2.68. The summed E-state index contributed by atoms with van der Waals surface area (Å²) in [6, 6.07) is 12.1. The Morgan fingerprint density at radius 1 is 1.13 bits per heavy atom. The number of hydrogen-bond donors (Lipinski definition) is 1. The number of esters is 1. The van der Waals surface area contributed by atoms with Crippen LogP contribution < -0.4 is 0 Å². The van der Waals surface area contributed by atoms with Gasteiger partial charge in [-0.2, -0.15) is 4.31 Å². The minimum atomic E-state index is -3.88. The van der Waals surface area contributed by atoms with Gasteiger partial charge in [0.1, 0.15) is 6.04 Å². The second-order valence-electron chi connectivity index (χ2n) is 7.01. The molecule has 1 saturated heterocycles. The van der Waals surface area contributed by atoms with E-state index in [1.807, 2.05) is 18.2 Å². The van der Waals surface area contributed by atoms with Crippen LogP contribution in [0.25, 0.3) is 10.9 Å². The normalized spacial score (nSPS) is 17.3. The van der Waals surface area contributed by atoms with Gasteiger partial charge in [0.25, 0.3) is 0 Å². The number of sulfonamides is 1. The van der Waals surface area contributed by atoms with E-state index in [9.17, 15) is 18.0 Å². The molecule has 1 N–H and O–H groups in total. The van der Waals surface area contributed by atoms with Crippen LogP contribution >= 0.6 is 11.6 Å². The van der Waals surface area contributed by atoms with Crippen LogP contribution in [0.1, 0.15) is 23.2 Å². The second-order valence-corrected chi connectivity index (χ2v) is 9.33. The van der Waals surface area contributed by atoms with E-state index < -0.39 is 28.6 Å². The molecular formula is C21H19ClN2O5S. The summed E-state index contributed by atoms with van der Waals surface area (Å²) in [5.41, 5.74) is 1.23. The summed E-state index contributed by atoms with van der Waals surface area (Å²) in [5, 5.41) is 1.16. The number of Topliss-reactive ketones (excluding diaryl/α,β-unsaturated/α-hetero) is 1. The maximum Gasteiger partial charge on any atom is 0.324 e. The zero-order valence-corrected chi connectivity index (χ0v) is 17.4. The third-order valence-electron chi connectivity index (χ3n) is 5.13. The molecule has 156 valence electrons. The Kier molecular flexibility index (Phi) is 5.64. The Morgan fingerprint density at radius 3 is 2.63 bits per heavy atom. The standard InChI is InChI=1S/C21H19ClN2O5S/c22-14-7-9-15(10-8-14)30(27,28)24-11-3-6-19(24)21(26)29-13-20(25)17-12-23-18-5-2-1-4-16(17)18/h1-2,4-5,7-10,12,19,23H,3,6,11,13H2/t19-/m1/s1. The first-order chi connectivity index (χ1) is 14.4. The fraction of sp³-hybridized carbons (Fsp3) is 0.238. The maximum absolute atomic E-state index is 12.9. The molecule has 1 aliphatic rings. The molecule has 1 aromatic heterocycles. The second kappa shape index (κ2) is 8.22. The van der Waals surface area contributed by atoms with Gasteiger partial charge in [-0.1, -0.05) is 29.8 Å². The smallest absolute Gasteiger partial charge is 0.324 e. The number of ketones is 1. The summed E-state index contributed by atoms with van der Waals surface area (Å²) >= 11 is 5.83. The maximum atomic E-state index is 12.9. The van der Waals surface area contributed by atoms with Gasteiger partial charge >= 0.3 is 5.97 Å². The molecule has 0 amide bonds. The quantitative estimate of drug-likeness (QED) is 0.462. The number of para-hydroxylation sites is 1. The van der Waals surface area contributed by atoms with Gasteiger partial charge < -0.3 is 9.72 Å². The third-order valence-corrected chi connectivity index (χ3v) is 7.31. The molecule has 0 bridgehead atoms. The van der Waals surface area contributed by atoms with Crippen molar-refractivity contribution < 1.29 is 22.7 Å². The summed E-state index contributed by atoms with van der Waals surface area (Å²) < 4.78 is 32.2. The van der Waals surface area contributed by atoms with Crippen molar-refractivity contribution in [3.8, 4) is 0 Å². The van der Waals surface area contributed by atoms with E-state index in [1.165, 1.54) is 24.3 Å². The van der Waals surface area contributed by atoms with Gasteiger partial charge in [0, 0.05) is 34.2 Å². The van der Waals surface area contributed by atoms with Gasteiger partial charge in [-0.3, -0.25) is 9.59 Å². The molecule has 3 aromatic rings. The van der Waals surface area contributed by atoms with E-state index in [0.717, 1.165) is 15.2 Å². The lowest BCUT2D eigenvalue weighted by atomic mass is 10.1. The molecule has 7 nitrogen and oxygen atoms in total. The number of aromatic nitrogens is 1. The molecule has 0 aliphatic carbocycles. The Labute approximate surface area is 178 Å². The Morgan fingerprint density at radius 2 is 1.87 bits per heavy atom. The monoisotopic (exact) mass is 446 g/mol. The van der Waals surface area contributed by atoms with Crippen LogP contribution in [0.2, 0.25) is 5.02 Å². The highest BCUT2D eigenvalue weighted by Gasteiger charge is 2.40. The van der Waals surface area contributed by atoms with Gasteiger partial charge in [0.05, 0.1) is 4.90 Å². The van der Waals surface area contributed by atoms with Crippen molar-refractivity contribution in [3.63, 3.8) is 0 Å². The van der Waals surface area contributed by atoms with E-state index in [4.69, 9.17) is 16.3 Å². The van der Waals surface area contributed by atoms with Crippen LogP contribution in [0.3, 0.4) is 0 Å². The first-order valence-corrected chi connectivity index (χ1v) is 11.2. The molecule has 0 radical (unpaired) electrons. The van der Waals surface area contributed by atoms with Crippen molar-refractivity contribution in [2.45, 2.75) is 23.8 Å². The lowest BCUT2D eigenvalue weighted by Crippen LogP contribution is -2.41. The molecule has 30 heavy (non-hydrogen) atoms. The van der Waals surface area contributed by atoms with Gasteiger partial charge in [0.2, 0.25) is 15.8 Å². The number of nitrogens with one attached hydrogen (secondary N) is 1. The van der Waals surface area contributed by atoms with E-state index in [2.05, 4.69) is 4.98 Å². The first kappa shape index (κ1) is 20.6. The molecule has 2 heterocycles. The molecule has 9 heteroatoms. The number of fused-ring (bicyclic) bond motifs is 1. The molecule has 1 atom stereocenters. The zero-order chi connectivity index (χ0) is 21.3. The van der Waals surface area contributed by atoms with E-state index in [0.29, 0.717) is 23.4 Å². The number of carbonyl (C=O) groups is 2. The van der Waals surface area contributed by atoms with Crippen molar-refractivity contribution in [2.75, 3.05) is 13.2 Å². The van der Waals surface area contributed by atoms with Crippen molar-refractivity contribution >= 4 is 44.3 Å². The van der Waals surface area contributed by atoms with Crippen molar-refractivity contribution in [3.05, 3.63) is 65.3 Å². The SMILES string of the molecule is O=C(COC(=O)[C@H]1CCCN1S(=O)(=O)c1ccc(Cl)cc1)c1c[nH]c2ccccc12. The van der Waals surface area contributed by atoms with Crippen molar-refractivity contribution in [1.82, 2.24) is 9.29 Å². The number of ether oxygens (including phenoxy) is 1. The summed E-state index contributed by atoms with van der Waals surface area (Å²) in [6.45, 7) is -0.243. The highest BCUT2D eigenvalue weighted by molar-refractivity contribution is 7.89. The molecule has 0 spiro atoms. The number of benzene rings is 2. The summed E-state index contributed by atoms with van der Waals surface area (Å²) in [7, 11) is -3.88. The summed E-state index contributed by atoms with van der Waals surface area (Å²) in [6.07, 6.45) is 2.45. The molecule has 2 aromatic carbocycles. The molecule has 0 saturated carbocycles. The van der Waals surface area contributed by atoms with Crippen LogP contribution in [-0.4, -0.2) is 48.7 Å². The Balaban J connectivity index is 1.46. The average Bonchev–Trinajstić information content (AvgIpc) is 3.40. The van der Waals surface area contributed by atoms with Crippen molar-refractivity contribution in [2.24, 2.45) is 0 Å². The van der Waals surface area contributed by atoms with E-state index in [-0.39, 0.29) is 17.2 Å². The van der Waals surface area contributed by atoms with Gasteiger partial charge in [-0.05, 0) is 43.2 Å². The highest BCUT2D eigenvalue weighted by Crippen LogP contribution is 2.28. The number of hydrogen-bond acceptors (Lipinski definition) is 5. The van der Waals surface area contributed by atoms with Crippen molar-refractivity contribution in [1.29, 1.82) is 0 Å². The number of aromatic amines is 1. The minimum Gasteiger partial charge on any atom is -0.456 e. The number of rotatable bonds is 6. The molecule has 1 fully saturated rings. The number of carbonyl (C=O) groups excluding carboxylic acids is 2. The topological polar surface area (TPSA) is 96.5 Å². The summed E-state index contributed by atoms with van der Waals surface area (Å²) in [5.74, 6) is -1.08. The Bertz CT molecular complexity index is 1200. The van der Waals surface area contributed by atoms with Crippen LogP contribution in [0.5, 0.6) is 0 Å². The number of halogens is 1. The highest BCUT2D eigenvalue weighted by atomic mass is 35.5. The molecular weight excluding hydrogens is 428 g/mol. The predicted molar refractivity (Wildman–Crippen MR) is 112 cm³/mol. The molecule has 1 aliphatic heterocycles. The lowest BCUT2D eigenvalue weighted by Gasteiger charge is -2.22. The van der Waals surface area contributed by atoms with Crippen LogP contribution in [-0.2, 0) is 19.6 Å². The van der Waals surface area contributed by atoms with E-state index in [1.54, 1.807) is 12.3 Å². The number of nitrogens with zero attached hydrogens (tertiary/aromatic N) is 1. The lowest BCUT2D eigenvalue weighted by molar-refractivity contribution is -0.146. The van der Waals surface area contributed by atoms with Gasteiger partial charge in [-0.15, -0.1) is 0 Å². The van der Waals surface area contributed by atoms with E-state index >= 15 is 0 Å². The third kappa shape index (κ3) is 3.86. The van der Waals surface area contributed by atoms with Gasteiger partial charge in [0.15, 0.2) is 6.61 Å². The fourth-order valence-electron chi connectivity index (χ4n) is 3.62. The summed E-state index contributed by atoms with van der Waals surface area (Å²) in [4.78, 5) is 28.2. The molecule has 4 rings (SSSR count). The fourth-order valence-corrected chi connectivity index (χ4v) is 5.39. The first-order valence-electron chi connectivity index (χ1n) is 9.41. The minimum absolute atomic E-state index is 0.0569. The van der Waals surface area contributed by atoms with Gasteiger partial charge in [-0.25, -0.2) is 8.42 Å². The predicted octanol–water partition coefficient (Wildman–Crippen LogP) is 3.40. The van der Waals surface area contributed by atoms with Crippen LogP contribution in [0, 0.1) is 0 Å². The van der Waals surface area contributed by atoms with Crippen LogP contribution in [0.4, 0.5) is 0 Å². The average molecular weight is 447 g/mol. The largest absolute Gasteiger partial charge is 0.456 e. The van der Waals surface area contributed by atoms with Crippen LogP contribution in [0.15, 0.2) is 59.6 Å². The number of H-pyrrole nitrogens is 1. The zero-order valence-electron chi connectivity index (χ0n) is 15.9. The molecule has 0 unspecified atom stereocenters.